The topological polar surface area (TPSA) is 95.7 Å². The van der Waals surface area contributed by atoms with Gasteiger partial charge in [0, 0.05) is 6.07 Å². The Hall–Kier alpha value is -2.54. The maximum atomic E-state index is 12.2. The Morgan fingerprint density at radius 3 is 2.46 bits per heavy atom. The molecule has 24 heavy (non-hydrogen) atoms. The maximum absolute atomic E-state index is 12.2. The number of primary amides is 1. The summed E-state index contributed by atoms with van der Waals surface area (Å²) in [5.41, 5.74) is 5.87. The third kappa shape index (κ3) is 4.05. The molecule has 0 bridgehead atoms. The summed E-state index contributed by atoms with van der Waals surface area (Å²) in [5, 5.41) is 0. The van der Waals surface area contributed by atoms with Gasteiger partial charge in [-0.25, -0.2) is 8.42 Å². The summed E-state index contributed by atoms with van der Waals surface area (Å²) in [4.78, 5) is 11.4. The molecule has 0 radical (unpaired) electrons. The Kier molecular flexibility index (Phi) is 5.46. The highest BCUT2D eigenvalue weighted by Crippen LogP contribution is 2.22. The first-order valence-corrected chi connectivity index (χ1v) is 8.95. The Labute approximate surface area is 141 Å². The number of amides is 1. The van der Waals surface area contributed by atoms with Crippen molar-refractivity contribution in [2.24, 2.45) is 5.73 Å². The first kappa shape index (κ1) is 17.8. The van der Waals surface area contributed by atoms with E-state index in [0.717, 1.165) is 0 Å². The average Bonchev–Trinajstić information content (AvgIpc) is 2.59. The lowest BCUT2D eigenvalue weighted by atomic mass is 10.1. The number of carbonyl (C=O) groups is 1. The fraction of sp³-hybridized carbons (Fsp3) is 0.235. The highest BCUT2D eigenvalue weighted by molar-refractivity contribution is 7.91. The van der Waals surface area contributed by atoms with E-state index < -0.39 is 15.7 Å². The van der Waals surface area contributed by atoms with Gasteiger partial charge in [-0.2, -0.15) is 0 Å². The van der Waals surface area contributed by atoms with Gasteiger partial charge in [0.05, 0.1) is 23.3 Å². The van der Waals surface area contributed by atoms with Crippen LogP contribution in [0.2, 0.25) is 0 Å². The van der Waals surface area contributed by atoms with Crippen molar-refractivity contribution < 1.29 is 22.7 Å². The van der Waals surface area contributed by atoms with Crippen LogP contribution in [-0.2, 0) is 16.4 Å². The lowest BCUT2D eigenvalue weighted by Crippen LogP contribution is -2.17. The van der Waals surface area contributed by atoms with Crippen LogP contribution in [0.4, 0.5) is 0 Å². The molecular formula is C17H19NO5S. The lowest BCUT2D eigenvalue weighted by molar-refractivity contribution is 0.0997. The van der Waals surface area contributed by atoms with E-state index in [1.807, 2.05) is 0 Å². The lowest BCUT2D eigenvalue weighted by Gasteiger charge is -2.11. The van der Waals surface area contributed by atoms with Gasteiger partial charge in [-0.1, -0.05) is 19.1 Å². The van der Waals surface area contributed by atoms with Crippen molar-refractivity contribution in [3.63, 3.8) is 0 Å². The largest absolute Gasteiger partial charge is 0.497 e. The molecule has 2 aromatic carbocycles. The molecule has 0 aromatic heterocycles. The highest BCUT2D eigenvalue weighted by Gasteiger charge is 2.20. The van der Waals surface area contributed by atoms with Crippen molar-refractivity contribution in [1.29, 1.82) is 0 Å². The third-order valence-corrected chi connectivity index (χ3v) is 5.24. The van der Waals surface area contributed by atoms with Gasteiger partial charge in [-0.15, -0.1) is 0 Å². The molecule has 0 unspecified atom stereocenters. The molecule has 6 nitrogen and oxygen atoms in total. The maximum Gasteiger partial charge on any atom is 0.250 e. The number of methoxy groups -OCH3 is 1. The number of carbonyl (C=O) groups excluding carboxylic acids is 1. The molecule has 0 saturated heterocycles. The smallest absolute Gasteiger partial charge is 0.250 e. The summed E-state index contributed by atoms with van der Waals surface area (Å²) in [7, 11) is -2.01. The SMILES string of the molecule is CCS(=O)(=O)c1cc(COc2cccc(OC)c2)ccc1C(N)=O. The molecule has 0 atom stereocenters. The van der Waals surface area contributed by atoms with Crippen molar-refractivity contribution in [3.05, 3.63) is 53.6 Å². The number of nitrogens with two attached hydrogens (primary N) is 1. The molecule has 0 saturated carbocycles. The van der Waals surface area contributed by atoms with Gasteiger partial charge in [0.25, 0.3) is 0 Å². The molecule has 2 N–H and O–H groups in total. The predicted molar refractivity (Wildman–Crippen MR) is 90.0 cm³/mol. The summed E-state index contributed by atoms with van der Waals surface area (Å²) in [5.74, 6) is 0.356. The van der Waals surface area contributed by atoms with E-state index in [1.54, 1.807) is 37.4 Å². The number of sulfone groups is 1. The zero-order chi connectivity index (χ0) is 17.7. The van der Waals surface area contributed by atoms with Crippen LogP contribution in [0, 0.1) is 0 Å². The molecule has 128 valence electrons. The summed E-state index contributed by atoms with van der Waals surface area (Å²) in [6, 6.07) is 11.5. The fourth-order valence-corrected chi connectivity index (χ4v) is 3.28. The van der Waals surface area contributed by atoms with E-state index in [4.69, 9.17) is 15.2 Å². The Morgan fingerprint density at radius 2 is 1.83 bits per heavy atom. The number of benzene rings is 2. The standard InChI is InChI=1S/C17H19NO5S/c1-3-24(20,21)16-9-12(7-8-15(16)17(18)19)11-23-14-6-4-5-13(10-14)22-2/h4-10H,3,11H2,1-2H3,(H2,18,19). The summed E-state index contributed by atoms with van der Waals surface area (Å²) in [6.07, 6.45) is 0. The minimum atomic E-state index is -3.57. The van der Waals surface area contributed by atoms with Crippen LogP contribution < -0.4 is 15.2 Å². The van der Waals surface area contributed by atoms with Crippen LogP contribution in [0.25, 0.3) is 0 Å². The minimum Gasteiger partial charge on any atom is -0.497 e. The number of hydrogen-bond donors (Lipinski definition) is 1. The quantitative estimate of drug-likeness (QED) is 0.826. The number of hydrogen-bond acceptors (Lipinski definition) is 5. The van der Waals surface area contributed by atoms with Gasteiger partial charge < -0.3 is 15.2 Å². The number of ether oxygens (including phenoxy) is 2. The normalized spacial score (nSPS) is 11.1. The highest BCUT2D eigenvalue weighted by atomic mass is 32.2. The molecule has 0 aliphatic heterocycles. The van der Waals surface area contributed by atoms with Crippen LogP contribution >= 0.6 is 0 Å². The monoisotopic (exact) mass is 349 g/mol. The van der Waals surface area contributed by atoms with Gasteiger partial charge in [0.1, 0.15) is 18.1 Å². The zero-order valence-electron chi connectivity index (χ0n) is 13.5. The predicted octanol–water partition coefficient (Wildman–Crippen LogP) is 2.17. The first-order chi connectivity index (χ1) is 11.4. The molecule has 0 aliphatic rings. The summed E-state index contributed by atoms with van der Waals surface area (Å²) >= 11 is 0. The second kappa shape index (κ2) is 7.35. The van der Waals surface area contributed by atoms with Crippen molar-refractivity contribution >= 4 is 15.7 Å². The van der Waals surface area contributed by atoms with Crippen LogP contribution in [0.5, 0.6) is 11.5 Å². The van der Waals surface area contributed by atoms with E-state index in [9.17, 15) is 13.2 Å². The molecule has 2 aromatic rings. The molecule has 0 aliphatic carbocycles. The molecule has 0 heterocycles. The minimum absolute atomic E-state index is 0.0121. The van der Waals surface area contributed by atoms with Crippen LogP contribution in [-0.4, -0.2) is 27.2 Å². The van der Waals surface area contributed by atoms with E-state index in [2.05, 4.69) is 0 Å². The van der Waals surface area contributed by atoms with E-state index >= 15 is 0 Å². The number of rotatable bonds is 7. The Balaban J connectivity index is 2.28. The zero-order valence-corrected chi connectivity index (χ0v) is 14.3. The van der Waals surface area contributed by atoms with E-state index in [0.29, 0.717) is 17.1 Å². The summed E-state index contributed by atoms with van der Waals surface area (Å²) in [6.45, 7) is 1.66. The van der Waals surface area contributed by atoms with Crippen molar-refractivity contribution in [2.75, 3.05) is 12.9 Å². The molecule has 7 heteroatoms. The van der Waals surface area contributed by atoms with Crippen molar-refractivity contribution in [1.82, 2.24) is 0 Å². The van der Waals surface area contributed by atoms with Gasteiger partial charge >= 0.3 is 0 Å². The Bertz CT molecular complexity index is 846. The van der Waals surface area contributed by atoms with E-state index in [1.165, 1.54) is 19.1 Å². The van der Waals surface area contributed by atoms with Crippen LogP contribution in [0.1, 0.15) is 22.8 Å². The van der Waals surface area contributed by atoms with Gasteiger partial charge in [-0.05, 0) is 29.8 Å². The second-order valence-electron chi connectivity index (χ2n) is 5.07. The van der Waals surface area contributed by atoms with Crippen LogP contribution in [0.15, 0.2) is 47.4 Å². The molecule has 2 rings (SSSR count). The second-order valence-corrected chi connectivity index (χ2v) is 7.31. The third-order valence-electron chi connectivity index (χ3n) is 3.47. The molecule has 0 fully saturated rings. The van der Waals surface area contributed by atoms with Crippen molar-refractivity contribution in [2.45, 2.75) is 18.4 Å². The van der Waals surface area contributed by atoms with E-state index in [-0.39, 0.29) is 22.8 Å². The Morgan fingerprint density at radius 1 is 1.12 bits per heavy atom. The van der Waals surface area contributed by atoms with Gasteiger partial charge in [0.15, 0.2) is 9.84 Å². The van der Waals surface area contributed by atoms with Crippen molar-refractivity contribution in [3.8, 4) is 11.5 Å². The van der Waals surface area contributed by atoms with Gasteiger partial charge in [-0.3, -0.25) is 4.79 Å². The fourth-order valence-electron chi connectivity index (χ4n) is 2.13. The average molecular weight is 349 g/mol. The van der Waals surface area contributed by atoms with Gasteiger partial charge in [0.2, 0.25) is 5.91 Å². The molecule has 1 amide bonds. The first-order valence-electron chi connectivity index (χ1n) is 7.29. The molecular weight excluding hydrogens is 330 g/mol. The molecule has 0 spiro atoms. The summed E-state index contributed by atoms with van der Waals surface area (Å²) < 4.78 is 35.1. The van der Waals surface area contributed by atoms with Crippen LogP contribution in [0.3, 0.4) is 0 Å².